The summed E-state index contributed by atoms with van der Waals surface area (Å²) in [7, 11) is 0. The van der Waals surface area contributed by atoms with Gasteiger partial charge in [-0.2, -0.15) is 0 Å². The van der Waals surface area contributed by atoms with E-state index in [1.165, 1.54) is 0 Å². The fraction of sp³-hybridized carbons (Fsp3) is 0.529. The van der Waals surface area contributed by atoms with Gasteiger partial charge in [-0.1, -0.05) is 25.1 Å². The van der Waals surface area contributed by atoms with E-state index in [0.29, 0.717) is 12.1 Å². The fourth-order valence-corrected chi connectivity index (χ4v) is 3.17. The van der Waals surface area contributed by atoms with E-state index in [2.05, 4.69) is 6.92 Å². The summed E-state index contributed by atoms with van der Waals surface area (Å²) in [4.78, 5) is 25.8. The summed E-state index contributed by atoms with van der Waals surface area (Å²) in [6.07, 6.45) is 4.16. The lowest BCUT2D eigenvalue weighted by molar-refractivity contribution is -0.151. The maximum Gasteiger partial charge on any atom is 0.325 e. The summed E-state index contributed by atoms with van der Waals surface area (Å²) in [5.74, 6) is 0.380. The van der Waals surface area contributed by atoms with Gasteiger partial charge >= 0.3 is 5.97 Å². The van der Waals surface area contributed by atoms with Crippen LogP contribution in [0.3, 0.4) is 0 Å². The Bertz CT molecular complexity index is 547. The Balaban J connectivity index is 1.53. The second-order valence-corrected chi connectivity index (χ2v) is 6.19. The van der Waals surface area contributed by atoms with Gasteiger partial charge in [-0.05, 0) is 43.2 Å². The Hall–Kier alpha value is -1.84. The zero-order chi connectivity index (χ0) is 14.8. The predicted molar refractivity (Wildman–Crippen MR) is 78.7 cm³/mol. The van der Waals surface area contributed by atoms with E-state index in [0.717, 1.165) is 37.2 Å². The number of fused-ring (bicyclic) bond motifs is 1. The molecule has 4 heteroatoms. The molecule has 1 saturated carbocycles. The third kappa shape index (κ3) is 3.09. The average Bonchev–Trinajstić information content (AvgIpc) is 2.78. The molecule has 1 aliphatic carbocycles. The van der Waals surface area contributed by atoms with Crippen LogP contribution >= 0.6 is 0 Å². The van der Waals surface area contributed by atoms with Crippen LogP contribution in [0.15, 0.2) is 24.3 Å². The number of carbonyl (C=O) groups is 2. The van der Waals surface area contributed by atoms with E-state index in [1.807, 2.05) is 24.3 Å². The fourth-order valence-electron chi connectivity index (χ4n) is 3.17. The highest BCUT2D eigenvalue weighted by molar-refractivity contribution is 5.99. The topological polar surface area (TPSA) is 46.6 Å². The summed E-state index contributed by atoms with van der Waals surface area (Å²) < 4.78 is 5.52. The lowest BCUT2D eigenvalue weighted by atomic mass is 9.89. The monoisotopic (exact) mass is 287 g/mol. The number of rotatable bonds is 3. The number of hydrogen-bond donors (Lipinski definition) is 0. The van der Waals surface area contributed by atoms with Crippen molar-refractivity contribution in [3.63, 3.8) is 0 Å². The minimum Gasteiger partial charge on any atom is -0.461 e. The van der Waals surface area contributed by atoms with Crippen LogP contribution in [0.4, 0.5) is 0 Å². The van der Waals surface area contributed by atoms with Gasteiger partial charge in [0.25, 0.3) is 5.91 Å². The maximum absolute atomic E-state index is 12.2. The molecule has 0 saturated heterocycles. The molecule has 4 nitrogen and oxygen atoms in total. The highest BCUT2D eigenvalue weighted by atomic mass is 16.5. The van der Waals surface area contributed by atoms with Crippen molar-refractivity contribution < 1.29 is 14.3 Å². The van der Waals surface area contributed by atoms with Gasteiger partial charge in [0.05, 0.1) is 0 Å². The molecule has 0 spiro atoms. The predicted octanol–water partition coefficient (Wildman–Crippen LogP) is 2.76. The van der Waals surface area contributed by atoms with E-state index in [9.17, 15) is 9.59 Å². The summed E-state index contributed by atoms with van der Waals surface area (Å²) in [6, 6.07) is 7.51. The number of esters is 1. The molecule has 0 bridgehead atoms. The van der Waals surface area contributed by atoms with Gasteiger partial charge < -0.3 is 9.64 Å². The summed E-state index contributed by atoms with van der Waals surface area (Å²) in [6.45, 7) is 2.80. The second-order valence-electron chi connectivity index (χ2n) is 6.19. The number of benzene rings is 1. The summed E-state index contributed by atoms with van der Waals surface area (Å²) in [5.41, 5.74) is 1.69. The van der Waals surface area contributed by atoms with Crippen molar-refractivity contribution in [2.45, 2.75) is 45.3 Å². The van der Waals surface area contributed by atoms with E-state index in [-0.39, 0.29) is 24.5 Å². The van der Waals surface area contributed by atoms with Crippen LogP contribution < -0.4 is 0 Å². The molecule has 1 amide bonds. The molecule has 1 heterocycles. The molecule has 0 aromatic heterocycles. The van der Waals surface area contributed by atoms with Crippen LogP contribution in [0.25, 0.3) is 0 Å². The van der Waals surface area contributed by atoms with Crippen molar-refractivity contribution in [1.82, 2.24) is 4.90 Å². The lowest BCUT2D eigenvalue weighted by Gasteiger charge is -2.26. The Labute approximate surface area is 125 Å². The first-order chi connectivity index (χ1) is 10.1. The van der Waals surface area contributed by atoms with E-state index in [1.54, 1.807) is 4.90 Å². The normalized spacial score (nSPS) is 24.8. The number of nitrogens with zero attached hydrogens (tertiary/aromatic N) is 1. The standard InChI is InChI=1S/C17H21NO3/c1-12-6-8-14(9-7-12)21-16(19)11-18-10-13-4-2-3-5-15(13)17(18)20/h2-5,12,14H,6-11H2,1H3. The zero-order valence-electron chi connectivity index (χ0n) is 12.4. The Morgan fingerprint density at radius 3 is 2.67 bits per heavy atom. The van der Waals surface area contributed by atoms with E-state index < -0.39 is 0 Å². The molecule has 0 atom stereocenters. The number of carbonyl (C=O) groups excluding carboxylic acids is 2. The average molecular weight is 287 g/mol. The highest BCUT2D eigenvalue weighted by Gasteiger charge is 2.29. The Morgan fingerprint density at radius 2 is 1.95 bits per heavy atom. The Kier molecular flexibility index (Phi) is 3.95. The first kappa shape index (κ1) is 14.1. The molecule has 3 rings (SSSR count). The molecule has 21 heavy (non-hydrogen) atoms. The van der Waals surface area contributed by atoms with Gasteiger partial charge in [0.1, 0.15) is 12.6 Å². The molecule has 1 aromatic rings. The van der Waals surface area contributed by atoms with Crippen LogP contribution in [-0.4, -0.2) is 29.4 Å². The first-order valence-corrected chi connectivity index (χ1v) is 7.70. The molecule has 2 aliphatic rings. The summed E-state index contributed by atoms with van der Waals surface area (Å²) >= 11 is 0. The molecular formula is C17H21NO3. The highest BCUT2D eigenvalue weighted by Crippen LogP contribution is 2.26. The van der Waals surface area contributed by atoms with Crippen LogP contribution in [0.2, 0.25) is 0 Å². The van der Waals surface area contributed by atoms with Gasteiger partial charge in [-0.15, -0.1) is 0 Å². The van der Waals surface area contributed by atoms with Gasteiger partial charge in [0, 0.05) is 12.1 Å². The molecule has 1 aromatic carbocycles. The molecule has 0 N–H and O–H groups in total. The van der Waals surface area contributed by atoms with Gasteiger partial charge in [-0.3, -0.25) is 9.59 Å². The molecule has 0 unspecified atom stereocenters. The molecule has 1 fully saturated rings. The number of hydrogen-bond acceptors (Lipinski definition) is 3. The van der Waals surface area contributed by atoms with Crippen molar-refractivity contribution in [2.24, 2.45) is 5.92 Å². The van der Waals surface area contributed by atoms with Gasteiger partial charge in [0.15, 0.2) is 0 Å². The van der Waals surface area contributed by atoms with Crippen molar-refractivity contribution in [1.29, 1.82) is 0 Å². The minimum absolute atomic E-state index is 0.0359. The second kappa shape index (κ2) is 5.88. The van der Waals surface area contributed by atoms with Crippen molar-refractivity contribution in [3.8, 4) is 0 Å². The number of ether oxygens (including phenoxy) is 1. The number of amides is 1. The van der Waals surface area contributed by atoms with Crippen molar-refractivity contribution in [2.75, 3.05) is 6.54 Å². The van der Waals surface area contributed by atoms with E-state index >= 15 is 0 Å². The molecular weight excluding hydrogens is 266 g/mol. The SMILES string of the molecule is CC1CCC(OC(=O)CN2Cc3ccccc3C2=O)CC1. The maximum atomic E-state index is 12.2. The quantitative estimate of drug-likeness (QED) is 0.803. The van der Waals surface area contributed by atoms with Gasteiger partial charge in [0.2, 0.25) is 0 Å². The molecule has 1 aliphatic heterocycles. The van der Waals surface area contributed by atoms with Crippen LogP contribution in [0, 0.1) is 5.92 Å². The molecule has 0 radical (unpaired) electrons. The first-order valence-electron chi connectivity index (χ1n) is 7.70. The van der Waals surface area contributed by atoms with Crippen LogP contribution in [-0.2, 0) is 16.1 Å². The minimum atomic E-state index is -0.282. The third-order valence-electron chi connectivity index (χ3n) is 4.48. The smallest absolute Gasteiger partial charge is 0.325 e. The van der Waals surface area contributed by atoms with Crippen molar-refractivity contribution >= 4 is 11.9 Å². The summed E-state index contributed by atoms with van der Waals surface area (Å²) in [5, 5.41) is 0. The zero-order valence-corrected chi connectivity index (χ0v) is 12.4. The van der Waals surface area contributed by atoms with Gasteiger partial charge in [-0.25, -0.2) is 0 Å². The van der Waals surface area contributed by atoms with Crippen LogP contribution in [0.5, 0.6) is 0 Å². The third-order valence-corrected chi connectivity index (χ3v) is 4.48. The van der Waals surface area contributed by atoms with Crippen LogP contribution in [0.1, 0.15) is 48.5 Å². The Morgan fingerprint density at radius 1 is 1.24 bits per heavy atom. The molecule has 112 valence electrons. The van der Waals surface area contributed by atoms with E-state index in [4.69, 9.17) is 4.74 Å². The largest absolute Gasteiger partial charge is 0.461 e. The lowest BCUT2D eigenvalue weighted by Crippen LogP contribution is -2.34. The van der Waals surface area contributed by atoms with Crippen molar-refractivity contribution in [3.05, 3.63) is 35.4 Å².